The average Bonchev–Trinajstić information content (AvgIpc) is 2.56. The van der Waals surface area contributed by atoms with Crippen LogP contribution >= 0.6 is 23.2 Å². The number of hydrogen-bond donors (Lipinski definition) is 1. The van der Waals surface area contributed by atoms with Crippen molar-refractivity contribution >= 4 is 35.3 Å². The molecule has 1 amide bonds. The van der Waals surface area contributed by atoms with Crippen LogP contribution in [0.4, 0.5) is 4.79 Å². The van der Waals surface area contributed by atoms with Crippen LogP contribution in [0.2, 0.25) is 0 Å². The van der Waals surface area contributed by atoms with E-state index in [4.69, 9.17) is 37.4 Å². The smallest absolute Gasteiger partial charge is 0.408 e. The maximum atomic E-state index is 12.7. The molecular weight excluding hydrogens is 393 g/mol. The van der Waals surface area contributed by atoms with Gasteiger partial charge in [0.05, 0.1) is 7.11 Å². The van der Waals surface area contributed by atoms with Crippen LogP contribution in [0.1, 0.15) is 46.1 Å². The number of rotatable bonds is 8. The van der Waals surface area contributed by atoms with E-state index in [2.05, 4.69) is 5.32 Å². The minimum Gasteiger partial charge on any atom is -0.497 e. The molecule has 0 heterocycles. The third-order valence-corrected chi connectivity index (χ3v) is 4.06. The highest BCUT2D eigenvalue weighted by atomic mass is 35.5. The number of benzene rings is 1. The summed E-state index contributed by atoms with van der Waals surface area (Å²) in [6.45, 7) is 6.82. The number of hydrogen-bond acceptors (Lipinski definition) is 5. The van der Waals surface area contributed by atoms with Crippen LogP contribution in [0.15, 0.2) is 24.3 Å². The Morgan fingerprint density at radius 3 is 2.19 bits per heavy atom. The zero-order valence-corrected chi connectivity index (χ0v) is 17.8. The van der Waals surface area contributed by atoms with Gasteiger partial charge in [0.2, 0.25) is 0 Å². The molecule has 1 N–H and O–H groups in total. The maximum absolute atomic E-state index is 12.7. The summed E-state index contributed by atoms with van der Waals surface area (Å²) < 4.78 is 15.7. The molecule has 0 aliphatic rings. The zero-order valence-electron chi connectivity index (χ0n) is 16.3. The summed E-state index contributed by atoms with van der Waals surface area (Å²) in [5, 5.41) is 2.59. The SMILES string of the molecule is COc1ccc(COC(=O)[C@](C)(CCC(Cl)Cl)NC(=O)OC(C)(C)C)cc1. The van der Waals surface area contributed by atoms with Crippen molar-refractivity contribution in [3.63, 3.8) is 0 Å². The van der Waals surface area contributed by atoms with Gasteiger partial charge in [-0.05, 0) is 58.2 Å². The Morgan fingerprint density at radius 2 is 1.70 bits per heavy atom. The van der Waals surface area contributed by atoms with E-state index in [0.717, 1.165) is 5.56 Å². The molecule has 0 aliphatic carbocycles. The van der Waals surface area contributed by atoms with Crippen LogP contribution < -0.4 is 10.1 Å². The van der Waals surface area contributed by atoms with Gasteiger partial charge in [-0.2, -0.15) is 0 Å². The van der Waals surface area contributed by atoms with Crippen molar-refractivity contribution in [2.24, 2.45) is 0 Å². The predicted octanol–water partition coefficient (Wildman–Crippen LogP) is 4.61. The Bertz CT molecular complexity index is 628. The van der Waals surface area contributed by atoms with E-state index in [1.807, 2.05) is 0 Å². The van der Waals surface area contributed by atoms with Crippen LogP contribution in [-0.4, -0.2) is 35.1 Å². The van der Waals surface area contributed by atoms with Gasteiger partial charge < -0.3 is 19.5 Å². The quantitative estimate of drug-likeness (QED) is 0.491. The molecule has 1 atom stereocenters. The van der Waals surface area contributed by atoms with E-state index in [9.17, 15) is 9.59 Å². The monoisotopic (exact) mass is 419 g/mol. The van der Waals surface area contributed by atoms with Gasteiger partial charge in [0.25, 0.3) is 0 Å². The van der Waals surface area contributed by atoms with E-state index in [0.29, 0.717) is 12.2 Å². The predicted molar refractivity (Wildman–Crippen MR) is 105 cm³/mol. The molecule has 1 aromatic rings. The third kappa shape index (κ3) is 8.71. The summed E-state index contributed by atoms with van der Waals surface area (Å²) in [5.74, 6) is 0.106. The third-order valence-electron chi connectivity index (χ3n) is 3.62. The largest absolute Gasteiger partial charge is 0.497 e. The van der Waals surface area contributed by atoms with Gasteiger partial charge in [-0.15, -0.1) is 23.2 Å². The highest BCUT2D eigenvalue weighted by molar-refractivity contribution is 6.44. The second-order valence-electron chi connectivity index (χ2n) is 7.31. The van der Waals surface area contributed by atoms with E-state index in [1.165, 1.54) is 0 Å². The minimum absolute atomic E-state index is 0.0552. The number of ether oxygens (including phenoxy) is 3. The van der Waals surface area contributed by atoms with Crippen molar-refractivity contribution in [1.29, 1.82) is 0 Å². The summed E-state index contributed by atoms with van der Waals surface area (Å²) in [7, 11) is 1.57. The first-order valence-electron chi connectivity index (χ1n) is 8.54. The lowest BCUT2D eigenvalue weighted by Gasteiger charge is -2.30. The highest BCUT2D eigenvalue weighted by Gasteiger charge is 2.38. The summed E-state index contributed by atoms with van der Waals surface area (Å²) in [6.07, 6.45) is -0.217. The molecule has 0 spiro atoms. The normalized spacial score (nSPS) is 13.6. The lowest BCUT2D eigenvalue weighted by atomic mass is 9.96. The number of amides is 1. The fourth-order valence-electron chi connectivity index (χ4n) is 2.17. The summed E-state index contributed by atoms with van der Waals surface area (Å²) >= 11 is 11.6. The summed E-state index contributed by atoms with van der Waals surface area (Å²) in [5.41, 5.74) is -1.23. The van der Waals surface area contributed by atoms with Gasteiger partial charge in [0.15, 0.2) is 0 Å². The summed E-state index contributed by atoms with van der Waals surface area (Å²) in [6, 6.07) is 7.12. The molecule has 152 valence electrons. The first-order valence-corrected chi connectivity index (χ1v) is 9.42. The van der Waals surface area contributed by atoms with Crippen LogP contribution in [0.25, 0.3) is 0 Å². The molecule has 8 heteroatoms. The Labute approximate surface area is 170 Å². The van der Waals surface area contributed by atoms with Gasteiger partial charge in [0, 0.05) is 0 Å². The number of carbonyl (C=O) groups is 2. The van der Waals surface area contributed by atoms with Gasteiger partial charge in [-0.25, -0.2) is 9.59 Å². The van der Waals surface area contributed by atoms with E-state index >= 15 is 0 Å². The number of methoxy groups -OCH3 is 1. The molecular formula is C19H27Cl2NO5. The number of halogens is 2. The Kier molecular flexibility index (Phi) is 8.69. The highest BCUT2D eigenvalue weighted by Crippen LogP contribution is 2.22. The van der Waals surface area contributed by atoms with Crippen molar-refractivity contribution in [1.82, 2.24) is 5.32 Å². The lowest BCUT2D eigenvalue weighted by molar-refractivity contribution is -0.152. The zero-order chi connectivity index (χ0) is 20.7. The maximum Gasteiger partial charge on any atom is 0.408 e. The molecule has 6 nitrogen and oxygen atoms in total. The number of esters is 1. The average molecular weight is 420 g/mol. The van der Waals surface area contributed by atoms with Gasteiger partial charge in [-0.3, -0.25) is 0 Å². The van der Waals surface area contributed by atoms with E-state index < -0.39 is 28.0 Å². The number of alkyl halides is 2. The molecule has 1 rings (SSSR count). The second kappa shape index (κ2) is 10.0. The number of nitrogens with one attached hydrogen (secondary N) is 1. The summed E-state index contributed by atoms with van der Waals surface area (Å²) in [4.78, 5) is 24.2. The lowest BCUT2D eigenvalue weighted by Crippen LogP contribution is -2.54. The van der Waals surface area contributed by atoms with Crippen LogP contribution in [0.5, 0.6) is 5.75 Å². The Hall–Kier alpha value is -1.66. The molecule has 1 aromatic carbocycles. The van der Waals surface area contributed by atoms with Crippen molar-refractivity contribution in [3.05, 3.63) is 29.8 Å². The number of carbonyl (C=O) groups excluding carboxylic acids is 2. The van der Waals surface area contributed by atoms with E-state index in [-0.39, 0.29) is 13.0 Å². The topological polar surface area (TPSA) is 73.9 Å². The van der Waals surface area contributed by atoms with Crippen molar-refractivity contribution in [2.45, 2.75) is 63.1 Å². The molecule has 27 heavy (non-hydrogen) atoms. The Balaban J connectivity index is 2.79. The van der Waals surface area contributed by atoms with Crippen LogP contribution in [-0.2, 0) is 20.9 Å². The molecule has 0 radical (unpaired) electrons. The first-order chi connectivity index (χ1) is 12.4. The molecule has 0 aromatic heterocycles. The second-order valence-corrected chi connectivity index (χ2v) is 8.59. The standard InChI is InChI=1S/C19H27Cl2NO5/c1-18(2,3)27-17(24)22-19(4,11-10-15(20)21)16(23)26-12-13-6-8-14(25-5)9-7-13/h6-9,15H,10-12H2,1-5H3,(H,22,24)/t19-/m0/s1. The van der Waals surface area contributed by atoms with Gasteiger partial charge in [0.1, 0.15) is 28.3 Å². The first kappa shape index (κ1) is 23.4. The molecule has 0 aliphatic heterocycles. The van der Waals surface area contributed by atoms with Gasteiger partial charge >= 0.3 is 12.1 Å². The van der Waals surface area contributed by atoms with E-state index in [1.54, 1.807) is 59.1 Å². The molecule has 0 unspecified atom stereocenters. The minimum atomic E-state index is -1.32. The van der Waals surface area contributed by atoms with Crippen LogP contribution in [0, 0.1) is 0 Å². The molecule has 0 saturated heterocycles. The van der Waals surface area contributed by atoms with Crippen molar-refractivity contribution in [2.75, 3.05) is 7.11 Å². The fourth-order valence-corrected chi connectivity index (χ4v) is 2.39. The van der Waals surface area contributed by atoms with Gasteiger partial charge in [-0.1, -0.05) is 12.1 Å². The van der Waals surface area contributed by atoms with Crippen molar-refractivity contribution < 1.29 is 23.8 Å². The molecule has 0 bridgehead atoms. The molecule has 0 fully saturated rings. The number of alkyl carbamates (subject to hydrolysis) is 1. The molecule has 0 saturated carbocycles. The van der Waals surface area contributed by atoms with Crippen molar-refractivity contribution in [3.8, 4) is 5.75 Å². The Morgan fingerprint density at radius 1 is 1.11 bits per heavy atom. The van der Waals surface area contributed by atoms with Crippen LogP contribution in [0.3, 0.4) is 0 Å². The fraction of sp³-hybridized carbons (Fsp3) is 0.579.